The number of aryl methyl sites for hydroxylation is 2. The van der Waals surface area contributed by atoms with Crippen LogP contribution >= 0.6 is 0 Å². The van der Waals surface area contributed by atoms with Gasteiger partial charge in [0.2, 0.25) is 0 Å². The SMILES string of the molecule is CCn1ccc(C(=O)N2CCCC(c3nc4c(C)cccc4[nH]3)C2)n1. The molecule has 3 aromatic rings. The van der Waals surface area contributed by atoms with Gasteiger partial charge in [-0.05, 0) is 44.4 Å². The van der Waals surface area contributed by atoms with Crippen LogP contribution in [0.2, 0.25) is 0 Å². The van der Waals surface area contributed by atoms with Crippen LogP contribution in [0, 0.1) is 6.92 Å². The molecule has 1 N–H and O–H groups in total. The number of nitrogens with one attached hydrogen (secondary N) is 1. The van der Waals surface area contributed by atoms with Crippen LogP contribution in [0.3, 0.4) is 0 Å². The number of amides is 1. The molecular formula is C19H23N5O. The zero-order valence-electron chi connectivity index (χ0n) is 14.7. The van der Waals surface area contributed by atoms with E-state index in [-0.39, 0.29) is 11.8 Å². The highest BCUT2D eigenvalue weighted by molar-refractivity contribution is 5.92. The maximum Gasteiger partial charge on any atom is 0.274 e. The second-order valence-electron chi connectivity index (χ2n) is 6.74. The first-order chi connectivity index (χ1) is 12.2. The van der Waals surface area contributed by atoms with Gasteiger partial charge in [0.05, 0.1) is 11.0 Å². The van der Waals surface area contributed by atoms with Gasteiger partial charge in [0.15, 0.2) is 0 Å². The molecule has 25 heavy (non-hydrogen) atoms. The minimum atomic E-state index is 0.0178. The van der Waals surface area contributed by atoms with Crippen LogP contribution < -0.4 is 0 Å². The normalized spacial score (nSPS) is 18.0. The van der Waals surface area contributed by atoms with Crippen LogP contribution in [-0.4, -0.2) is 43.6 Å². The number of benzene rings is 1. The molecule has 0 saturated carbocycles. The number of fused-ring (bicyclic) bond motifs is 1. The molecule has 130 valence electrons. The van der Waals surface area contributed by atoms with Gasteiger partial charge < -0.3 is 9.88 Å². The predicted octanol–water partition coefficient (Wildman–Crippen LogP) is 3.11. The zero-order chi connectivity index (χ0) is 17.4. The monoisotopic (exact) mass is 337 g/mol. The van der Waals surface area contributed by atoms with Crippen LogP contribution in [0.15, 0.2) is 30.5 Å². The number of H-pyrrole nitrogens is 1. The average Bonchev–Trinajstić information content (AvgIpc) is 3.29. The number of para-hydroxylation sites is 1. The van der Waals surface area contributed by atoms with E-state index in [1.165, 1.54) is 5.56 Å². The molecule has 2 aromatic heterocycles. The summed E-state index contributed by atoms with van der Waals surface area (Å²) in [7, 11) is 0. The van der Waals surface area contributed by atoms with Gasteiger partial charge in [0, 0.05) is 31.7 Å². The van der Waals surface area contributed by atoms with Crippen molar-refractivity contribution < 1.29 is 4.79 Å². The Hall–Kier alpha value is -2.63. The molecule has 6 nitrogen and oxygen atoms in total. The number of carbonyl (C=O) groups is 1. The third kappa shape index (κ3) is 2.92. The summed E-state index contributed by atoms with van der Waals surface area (Å²) in [5.41, 5.74) is 3.81. The fraction of sp³-hybridized carbons (Fsp3) is 0.421. The Labute approximate surface area is 146 Å². The van der Waals surface area contributed by atoms with E-state index in [9.17, 15) is 4.79 Å². The van der Waals surface area contributed by atoms with E-state index >= 15 is 0 Å². The van der Waals surface area contributed by atoms with Crippen molar-refractivity contribution in [2.24, 2.45) is 0 Å². The van der Waals surface area contributed by atoms with Crippen molar-refractivity contribution in [1.82, 2.24) is 24.6 Å². The largest absolute Gasteiger partial charge is 0.342 e. The van der Waals surface area contributed by atoms with Gasteiger partial charge in [-0.25, -0.2) is 4.98 Å². The third-order valence-electron chi connectivity index (χ3n) is 5.01. The molecule has 0 radical (unpaired) electrons. The lowest BCUT2D eigenvalue weighted by atomic mass is 9.97. The Balaban J connectivity index is 1.55. The number of piperidine rings is 1. The van der Waals surface area contributed by atoms with Gasteiger partial charge in [-0.2, -0.15) is 5.10 Å². The Morgan fingerprint density at radius 3 is 3.00 bits per heavy atom. The lowest BCUT2D eigenvalue weighted by Crippen LogP contribution is -2.39. The van der Waals surface area contributed by atoms with Crippen molar-refractivity contribution in [2.75, 3.05) is 13.1 Å². The lowest BCUT2D eigenvalue weighted by Gasteiger charge is -2.31. The van der Waals surface area contributed by atoms with E-state index in [2.05, 4.69) is 29.1 Å². The van der Waals surface area contributed by atoms with Crippen molar-refractivity contribution in [2.45, 2.75) is 39.2 Å². The van der Waals surface area contributed by atoms with E-state index < -0.39 is 0 Å². The number of aromatic amines is 1. The molecule has 1 aliphatic heterocycles. The topological polar surface area (TPSA) is 66.8 Å². The maximum absolute atomic E-state index is 12.8. The minimum absolute atomic E-state index is 0.0178. The number of hydrogen-bond acceptors (Lipinski definition) is 3. The molecule has 0 spiro atoms. The first-order valence-corrected chi connectivity index (χ1v) is 8.93. The number of rotatable bonds is 3. The van der Waals surface area contributed by atoms with Gasteiger partial charge >= 0.3 is 0 Å². The van der Waals surface area contributed by atoms with Gasteiger partial charge in [-0.3, -0.25) is 9.48 Å². The van der Waals surface area contributed by atoms with Crippen molar-refractivity contribution in [3.63, 3.8) is 0 Å². The van der Waals surface area contributed by atoms with Crippen molar-refractivity contribution in [1.29, 1.82) is 0 Å². The highest BCUT2D eigenvalue weighted by Crippen LogP contribution is 2.28. The molecule has 1 amide bonds. The lowest BCUT2D eigenvalue weighted by molar-refractivity contribution is 0.0698. The molecule has 1 saturated heterocycles. The average molecular weight is 337 g/mol. The molecule has 1 aliphatic rings. The third-order valence-corrected chi connectivity index (χ3v) is 5.01. The summed E-state index contributed by atoms with van der Waals surface area (Å²) in [6.45, 7) is 6.34. The summed E-state index contributed by atoms with van der Waals surface area (Å²) >= 11 is 0. The van der Waals surface area contributed by atoms with E-state index in [1.807, 2.05) is 24.1 Å². The van der Waals surface area contributed by atoms with Crippen LogP contribution in [0.5, 0.6) is 0 Å². The quantitative estimate of drug-likeness (QED) is 0.798. The van der Waals surface area contributed by atoms with Crippen molar-refractivity contribution >= 4 is 16.9 Å². The molecule has 1 aromatic carbocycles. The Bertz CT molecular complexity index is 910. The summed E-state index contributed by atoms with van der Waals surface area (Å²) in [5, 5.41) is 4.35. The van der Waals surface area contributed by atoms with E-state index in [4.69, 9.17) is 4.98 Å². The standard InChI is InChI=1S/C19H23N5O/c1-3-24-11-9-16(22-24)19(25)23-10-5-7-14(12-23)18-20-15-8-4-6-13(2)17(15)21-18/h4,6,8-9,11,14H,3,5,7,10,12H2,1-2H3,(H,20,21). The molecule has 0 aliphatic carbocycles. The summed E-state index contributed by atoms with van der Waals surface area (Å²) in [6, 6.07) is 7.98. The second kappa shape index (κ2) is 6.35. The van der Waals surface area contributed by atoms with Crippen LogP contribution in [-0.2, 0) is 6.54 Å². The molecule has 3 heterocycles. The number of carbonyl (C=O) groups excluding carboxylic acids is 1. The summed E-state index contributed by atoms with van der Waals surface area (Å²) in [4.78, 5) is 22.9. The van der Waals surface area contributed by atoms with Crippen LogP contribution in [0.25, 0.3) is 11.0 Å². The number of aromatic nitrogens is 4. The summed E-state index contributed by atoms with van der Waals surface area (Å²) in [5.74, 6) is 1.25. The Morgan fingerprint density at radius 1 is 1.36 bits per heavy atom. The van der Waals surface area contributed by atoms with E-state index in [0.717, 1.165) is 42.8 Å². The summed E-state index contributed by atoms with van der Waals surface area (Å²) < 4.78 is 1.79. The van der Waals surface area contributed by atoms with Crippen LogP contribution in [0.1, 0.15) is 47.6 Å². The smallest absolute Gasteiger partial charge is 0.274 e. The molecule has 1 atom stereocenters. The summed E-state index contributed by atoms with van der Waals surface area (Å²) in [6.07, 6.45) is 3.89. The van der Waals surface area contributed by atoms with Crippen LogP contribution in [0.4, 0.5) is 0 Å². The fourth-order valence-electron chi connectivity index (χ4n) is 3.59. The highest BCUT2D eigenvalue weighted by Gasteiger charge is 2.28. The maximum atomic E-state index is 12.8. The number of nitrogens with zero attached hydrogens (tertiary/aromatic N) is 4. The molecule has 1 fully saturated rings. The van der Waals surface area contributed by atoms with Gasteiger partial charge in [-0.1, -0.05) is 12.1 Å². The zero-order valence-corrected chi connectivity index (χ0v) is 14.7. The molecule has 6 heteroatoms. The predicted molar refractivity (Wildman–Crippen MR) is 96.6 cm³/mol. The molecule has 0 bridgehead atoms. The second-order valence-corrected chi connectivity index (χ2v) is 6.74. The van der Waals surface area contributed by atoms with Gasteiger partial charge in [0.1, 0.15) is 11.5 Å². The van der Waals surface area contributed by atoms with Crippen molar-refractivity contribution in [3.8, 4) is 0 Å². The number of likely N-dealkylation sites (tertiary alicyclic amines) is 1. The first kappa shape index (κ1) is 15.9. The fourth-order valence-corrected chi connectivity index (χ4v) is 3.59. The number of hydrogen-bond donors (Lipinski definition) is 1. The first-order valence-electron chi connectivity index (χ1n) is 8.93. The van der Waals surface area contributed by atoms with Crippen molar-refractivity contribution in [3.05, 3.63) is 47.5 Å². The molecule has 1 unspecified atom stereocenters. The van der Waals surface area contributed by atoms with Gasteiger partial charge in [-0.15, -0.1) is 0 Å². The van der Waals surface area contributed by atoms with E-state index in [1.54, 1.807) is 10.7 Å². The highest BCUT2D eigenvalue weighted by atomic mass is 16.2. The Kier molecular flexibility index (Phi) is 4.03. The van der Waals surface area contributed by atoms with Gasteiger partial charge in [0.25, 0.3) is 5.91 Å². The van der Waals surface area contributed by atoms with E-state index in [0.29, 0.717) is 12.2 Å². The minimum Gasteiger partial charge on any atom is -0.342 e. The molecule has 4 rings (SSSR count). The molecular weight excluding hydrogens is 314 g/mol. The Morgan fingerprint density at radius 2 is 2.24 bits per heavy atom. The number of imidazole rings is 1.